The van der Waals surface area contributed by atoms with E-state index in [0.29, 0.717) is 17.8 Å². The van der Waals surface area contributed by atoms with Gasteiger partial charge in [0.2, 0.25) is 17.8 Å². The van der Waals surface area contributed by atoms with Gasteiger partial charge >= 0.3 is 0 Å². The number of rotatable bonds is 5. The first-order valence-electron chi connectivity index (χ1n) is 10.5. The van der Waals surface area contributed by atoms with Crippen molar-refractivity contribution < 1.29 is 4.90 Å². The monoisotopic (exact) mass is 413 g/mol. The number of aromatic nitrogens is 5. The molecule has 2 aromatic heterocycles. The normalized spacial score (nSPS) is 14.5. The second kappa shape index (κ2) is 8.53. The average Bonchev–Trinajstić information content (AvgIpc) is 3.36. The molecule has 0 saturated carbocycles. The van der Waals surface area contributed by atoms with E-state index < -0.39 is 0 Å². The number of piperazine rings is 1. The lowest BCUT2D eigenvalue weighted by Gasteiger charge is -2.31. The third-order valence-electron chi connectivity index (χ3n) is 5.46. The Morgan fingerprint density at radius 1 is 0.806 bits per heavy atom. The van der Waals surface area contributed by atoms with E-state index in [4.69, 9.17) is 15.0 Å². The van der Waals surface area contributed by atoms with Crippen molar-refractivity contribution in [1.29, 1.82) is 0 Å². The summed E-state index contributed by atoms with van der Waals surface area (Å²) in [6.45, 7) is 3.94. The van der Waals surface area contributed by atoms with Gasteiger partial charge in [-0.1, -0.05) is 36.4 Å². The quantitative estimate of drug-likeness (QED) is 0.539. The summed E-state index contributed by atoms with van der Waals surface area (Å²) in [7, 11) is 2.22. The van der Waals surface area contributed by atoms with E-state index in [0.717, 1.165) is 37.6 Å². The van der Waals surface area contributed by atoms with Crippen LogP contribution < -0.4 is 14.7 Å². The van der Waals surface area contributed by atoms with Gasteiger partial charge in [0.1, 0.15) is 6.33 Å². The number of nitrogens with zero attached hydrogens (tertiary/aromatic N) is 7. The highest BCUT2D eigenvalue weighted by Gasteiger charge is 2.23. The maximum atomic E-state index is 4.93. The predicted molar refractivity (Wildman–Crippen MR) is 120 cm³/mol. The van der Waals surface area contributed by atoms with E-state index in [1.54, 1.807) is 12.5 Å². The Kier molecular flexibility index (Phi) is 5.28. The molecule has 156 valence electrons. The van der Waals surface area contributed by atoms with Gasteiger partial charge in [0.25, 0.3) is 0 Å². The first-order valence-corrected chi connectivity index (χ1v) is 10.5. The summed E-state index contributed by atoms with van der Waals surface area (Å²) in [6.07, 6.45) is 5.30. The van der Waals surface area contributed by atoms with Gasteiger partial charge in [0.15, 0.2) is 0 Å². The minimum atomic E-state index is 0.556. The summed E-state index contributed by atoms with van der Waals surface area (Å²) in [6, 6.07) is 20.4. The molecule has 0 unspecified atom stereocenters. The molecule has 1 aliphatic heterocycles. The van der Waals surface area contributed by atoms with Crippen LogP contribution in [0, 0.1) is 0 Å². The van der Waals surface area contributed by atoms with Crippen LogP contribution in [-0.4, -0.2) is 57.7 Å². The lowest BCUT2D eigenvalue weighted by Crippen LogP contribution is -3.12. The molecule has 1 aliphatic rings. The first kappa shape index (κ1) is 19.2. The van der Waals surface area contributed by atoms with Gasteiger partial charge < -0.3 is 9.80 Å². The third-order valence-corrected chi connectivity index (χ3v) is 5.46. The molecule has 8 heteroatoms. The van der Waals surface area contributed by atoms with E-state index in [-0.39, 0.29) is 0 Å². The van der Waals surface area contributed by atoms with Crippen LogP contribution in [0.2, 0.25) is 0 Å². The predicted octanol–water partition coefficient (Wildman–Crippen LogP) is 1.86. The zero-order chi connectivity index (χ0) is 21.0. The van der Waals surface area contributed by atoms with Gasteiger partial charge in [-0.15, -0.1) is 0 Å². The number of para-hydroxylation sites is 2. The van der Waals surface area contributed by atoms with E-state index in [1.807, 2.05) is 47.2 Å². The van der Waals surface area contributed by atoms with Crippen molar-refractivity contribution >= 4 is 23.3 Å². The van der Waals surface area contributed by atoms with Crippen molar-refractivity contribution in [3.8, 4) is 5.95 Å². The maximum Gasteiger partial charge on any atom is 0.241 e. The van der Waals surface area contributed by atoms with Crippen molar-refractivity contribution in [2.45, 2.75) is 0 Å². The molecule has 1 fully saturated rings. The maximum absolute atomic E-state index is 4.93. The molecule has 0 amide bonds. The van der Waals surface area contributed by atoms with E-state index in [9.17, 15) is 0 Å². The topological polar surface area (TPSA) is 67.4 Å². The Hall–Kier alpha value is -3.78. The molecule has 1 N–H and O–H groups in total. The van der Waals surface area contributed by atoms with Crippen LogP contribution in [0.25, 0.3) is 5.95 Å². The number of anilines is 4. The van der Waals surface area contributed by atoms with Crippen molar-refractivity contribution in [3.63, 3.8) is 0 Å². The zero-order valence-corrected chi connectivity index (χ0v) is 17.5. The second-order valence-electron chi connectivity index (χ2n) is 7.66. The molecule has 4 aromatic rings. The first-order chi connectivity index (χ1) is 15.3. The lowest BCUT2D eigenvalue weighted by atomic mass is 10.2. The fourth-order valence-corrected chi connectivity index (χ4v) is 3.70. The lowest BCUT2D eigenvalue weighted by molar-refractivity contribution is -0.880. The Balaban J connectivity index is 1.65. The van der Waals surface area contributed by atoms with Crippen LogP contribution >= 0.6 is 0 Å². The van der Waals surface area contributed by atoms with Crippen LogP contribution in [0.15, 0.2) is 79.4 Å². The fraction of sp³-hybridized carbons (Fsp3) is 0.217. The number of benzene rings is 2. The SMILES string of the molecule is C[NH+]1CCN(c2nc(N(c3ccccc3)c3ccccc3)nc(-n3ccnc3)n2)CC1. The third kappa shape index (κ3) is 4.10. The van der Waals surface area contributed by atoms with Crippen LogP contribution in [-0.2, 0) is 0 Å². The van der Waals surface area contributed by atoms with E-state index in [1.165, 1.54) is 4.90 Å². The Bertz CT molecular complexity index is 1070. The molecule has 2 aromatic carbocycles. The van der Waals surface area contributed by atoms with Crippen LogP contribution in [0.1, 0.15) is 0 Å². The molecule has 0 bridgehead atoms. The zero-order valence-electron chi connectivity index (χ0n) is 17.5. The van der Waals surface area contributed by atoms with E-state index in [2.05, 4.69) is 46.1 Å². The van der Waals surface area contributed by atoms with Gasteiger partial charge in [-0.2, -0.15) is 15.0 Å². The van der Waals surface area contributed by atoms with Crippen molar-refractivity contribution in [2.24, 2.45) is 0 Å². The highest BCUT2D eigenvalue weighted by Crippen LogP contribution is 2.32. The Morgan fingerprint density at radius 2 is 1.42 bits per heavy atom. The van der Waals surface area contributed by atoms with Gasteiger partial charge in [-0.3, -0.25) is 9.47 Å². The number of quaternary nitrogens is 1. The largest absolute Gasteiger partial charge is 0.334 e. The smallest absolute Gasteiger partial charge is 0.241 e. The number of hydrogen-bond acceptors (Lipinski definition) is 6. The molecule has 5 rings (SSSR count). The summed E-state index contributed by atoms with van der Waals surface area (Å²) in [5.41, 5.74) is 1.98. The molecule has 0 spiro atoms. The summed E-state index contributed by atoms with van der Waals surface area (Å²) in [5, 5.41) is 0. The number of likely N-dealkylation sites (N-methyl/N-ethyl adjacent to an activating group) is 1. The van der Waals surface area contributed by atoms with Crippen molar-refractivity contribution in [2.75, 3.05) is 43.0 Å². The fourth-order valence-electron chi connectivity index (χ4n) is 3.70. The Morgan fingerprint density at radius 3 is 2.00 bits per heavy atom. The molecule has 1 saturated heterocycles. The van der Waals surface area contributed by atoms with Crippen molar-refractivity contribution in [3.05, 3.63) is 79.4 Å². The summed E-state index contributed by atoms with van der Waals surface area (Å²) >= 11 is 0. The van der Waals surface area contributed by atoms with Crippen LogP contribution in [0.3, 0.4) is 0 Å². The summed E-state index contributed by atoms with van der Waals surface area (Å²) in [4.78, 5) is 24.6. The van der Waals surface area contributed by atoms with E-state index >= 15 is 0 Å². The number of imidazole rings is 1. The molecular weight excluding hydrogens is 388 g/mol. The molecule has 0 radical (unpaired) electrons. The molecular formula is C23H25N8+. The minimum Gasteiger partial charge on any atom is -0.334 e. The number of nitrogens with one attached hydrogen (secondary N) is 1. The average molecular weight is 414 g/mol. The molecule has 8 nitrogen and oxygen atoms in total. The highest BCUT2D eigenvalue weighted by molar-refractivity contribution is 5.73. The van der Waals surface area contributed by atoms with Crippen molar-refractivity contribution in [1.82, 2.24) is 24.5 Å². The van der Waals surface area contributed by atoms with Crippen LogP contribution in [0.5, 0.6) is 0 Å². The molecule has 3 heterocycles. The standard InChI is InChI=1S/C23H24N8/c1-28-14-16-29(17-15-28)21-25-22(30-13-12-24-18-30)27-23(26-21)31(19-8-4-2-5-9-19)20-10-6-3-7-11-20/h2-13,18H,14-17H2,1H3/p+1. The van der Waals surface area contributed by atoms with Gasteiger partial charge in [0, 0.05) is 23.8 Å². The number of hydrogen-bond donors (Lipinski definition) is 1. The summed E-state index contributed by atoms with van der Waals surface area (Å²) < 4.78 is 1.82. The van der Waals surface area contributed by atoms with Gasteiger partial charge in [-0.05, 0) is 24.3 Å². The Labute approximate surface area is 181 Å². The van der Waals surface area contributed by atoms with Gasteiger partial charge in [-0.25, -0.2) is 4.98 Å². The highest BCUT2D eigenvalue weighted by atomic mass is 15.4. The second-order valence-corrected chi connectivity index (χ2v) is 7.66. The van der Waals surface area contributed by atoms with Gasteiger partial charge in [0.05, 0.1) is 33.2 Å². The summed E-state index contributed by atoms with van der Waals surface area (Å²) in [5.74, 6) is 1.83. The molecule has 0 atom stereocenters. The molecule has 0 aliphatic carbocycles. The minimum absolute atomic E-state index is 0.556. The molecule has 31 heavy (non-hydrogen) atoms. The van der Waals surface area contributed by atoms with Crippen LogP contribution in [0.4, 0.5) is 23.3 Å².